The molecule has 0 aliphatic carbocycles. The molecule has 1 N–H and O–H groups in total. The first-order chi connectivity index (χ1) is 9.21. The van der Waals surface area contributed by atoms with Crippen molar-refractivity contribution in [2.75, 3.05) is 0 Å². The predicted octanol–water partition coefficient (Wildman–Crippen LogP) is 2.80. The minimum Gasteiger partial charge on any atom is -0.476 e. The van der Waals surface area contributed by atoms with Gasteiger partial charge in [0.2, 0.25) is 0 Å². The summed E-state index contributed by atoms with van der Waals surface area (Å²) in [6.45, 7) is 0. The number of pyridine rings is 1. The SMILES string of the molecule is Cn1c(-c2ccc(C(F)(F)F)nc2)nc(I)c1C(=O)O. The zero-order valence-electron chi connectivity index (χ0n) is 9.94. The number of aromatic nitrogens is 3. The third kappa shape index (κ3) is 2.62. The van der Waals surface area contributed by atoms with Gasteiger partial charge in [-0.15, -0.1) is 0 Å². The predicted molar refractivity (Wildman–Crippen MR) is 71.1 cm³/mol. The van der Waals surface area contributed by atoms with Crippen molar-refractivity contribution < 1.29 is 23.1 Å². The molecule has 5 nitrogen and oxygen atoms in total. The smallest absolute Gasteiger partial charge is 0.433 e. The Morgan fingerprint density at radius 3 is 2.45 bits per heavy atom. The Labute approximate surface area is 124 Å². The van der Waals surface area contributed by atoms with Crippen LogP contribution in [0.3, 0.4) is 0 Å². The number of nitrogens with zero attached hydrogens (tertiary/aromatic N) is 3. The molecule has 0 aliphatic heterocycles. The monoisotopic (exact) mass is 397 g/mol. The number of carbonyl (C=O) groups is 1. The molecule has 0 unspecified atom stereocenters. The second-order valence-electron chi connectivity index (χ2n) is 3.87. The summed E-state index contributed by atoms with van der Waals surface area (Å²) in [5.41, 5.74) is -0.727. The van der Waals surface area contributed by atoms with Crippen molar-refractivity contribution in [2.24, 2.45) is 7.05 Å². The van der Waals surface area contributed by atoms with Crippen molar-refractivity contribution in [3.63, 3.8) is 0 Å². The van der Waals surface area contributed by atoms with E-state index in [1.165, 1.54) is 17.7 Å². The van der Waals surface area contributed by atoms with E-state index in [-0.39, 0.29) is 15.2 Å². The van der Waals surface area contributed by atoms with Crippen LogP contribution in [0.2, 0.25) is 0 Å². The van der Waals surface area contributed by atoms with E-state index in [1.54, 1.807) is 22.6 Å². The molecule has 106 valence electrons. The molecule has 0 spiro atoms. The molecular formula is C11H7F3IN3O2. The normalized spacial score (nSPS) is 11.7. The molecule has 0 aliphatic rings. The van der Waals surface area contributed by atoms with E-state index in [2.05, 4.69) is 9.97 Å². The summed E-state index contributed by atoms with van der Waals surface area (Å²) < 4.78 is 38.8. The average Bonchev–Trinajstić information content (AvgIpc) is 2.64. The zero-order valence-corrected chi connectivity index (χ0v) is 12.1. The van der Waals surface area contributed by atoms with Gasteiger partial charge in [-0.3, -0.25) is 4.98 Å². The Morgan fingerprint density at radius 1 is 1.40 bits per heavy atom. The van der Waals surface area contributed by atoms with Gasteiger partial charge in [0.25, 0.3) is 0 Å². The van der Waals surface area contributed by atoms with Crippen molar-refractivity contribution in [2.45, 2.75) is 6.18 Å². The lowest BCUT2D eigenvalue weighted by Crippen LogP contribution is -2.08. The number of carboxylic acid groups (broad SMARTS) is 1. The summed E-state index contributed by atoms with van der Waals surface area (Å²) in [6.07, 6.45) is -3.49. The summed E-state index contributed by atoms with van der Waals surface area (Å²) in [6, 6.07) is 2.04. The Hall–Kier alpha value is -1.65. The topological polar surface area (TPSA) is 68.0 Å². The van der Waals surface area contributed by atoms with Gasteiger partial charge in [0, 0.05) is 18.8 Å². The van der Waals surface area contributed by atoms with Crippen LogP contribution < -0.4 is 0 Å². The third-order valence-electron chi connectivity index (χ3n) is 2.57. The Bertz CT molecular complexity index is 665. The maximum absolute atomic E-state index is 12.4. The molecule has 2 aromatic heterocycles. The summed E-state index contributed by atoms with van der Waals surface area (Å²) >= 11 is 1.76. The third-order valence-corrected chi connectivity index (χ3v) is 3.32. The van der Waals surface area contributed by atoms with Gasteiger partial charge < -0.3 is 9.67 Å². The van der Waals surface area contributed by atoms with Crippen molar-refractivity contribution in [1.82, 2.24) is 14.5 Å². The van der Waals surface area contributed by atoms with E-state index in [1.807, 2.05) is 0 Å². The summed E-state index contributed by atoms with van der Waals surface area (Å²) in [5, 5.41) is 9.03. The second-order valence-corrected chi connectivity index (χ2v) is 4.89. The number of hydrogen-bond donors (Lipinski definition) is 1. The molecule has 0 amide bonds. The molecule has 0 bridgehead atoms. The number of imidazole rings is 1. The highest BCUT2D eigenvalue weighted by molar-refractivity contribution is 14.1. The van der Waals surface area contributed by atoms with Crippen LogP contribution in [0.4, 0.5) is 13.2 Å². The maximum Gasteiger partial charge on any atom is 0.433 e. The first-order valence-corrected chi connectivity index (χ1v) is 6.29. The molecule has 2 rings (SSSR count). The average molecular weight is 397 g/mol. The molecule has 0 radical (unpaired) electrons. The first-order valence-electron chi connectivity index (χ1n) is 5.21. The van der Waals surface area contributed by atoms with Gasteiger partial charge in [-0.05, 0) is 34.7 Å². The summed E-state index contributed by atoms with van der Waals surface area (Å²) in [4.78, 5) is 18.4. The molecule has 0 atom stereocenters. The molecule has 2 aromatic rings. The highest BCUT2D eigenvalue weighted by Gasteiger charge is 2.32. The van der Waals surface area contributed by atoms with Gasteiger partial charge >= 0.3 is 12.1 Å². The van der Waals surface area contributed by atoms with E-state index in [0.29, 0.717) is 5.56 Å². The van der Waals surface area contributed by atoms with Gasteiger partial charge in [0.05, 0.1) is 0 Å². The van der Waals surface area contributed by atoms with Gasteiger partial charge in [-0.2, -0.15) is 13.2 Å². The number of hydrogen-bond acceptors (Lipinski definition) is 3. The van der Waals surface area contributed by atoms with Gasteiger partial charge in [0.1, 0.15) is 15.2 Å². The molecule has 20 heavy (non-hydrogen) atoms. The summed E-state index contributed by atoms with van der Waals surface area (Å²) in [5.74, 6) is -0.913. The molecule has 0 aromatic carbocycles. The number of carboxylic acids is 1. The Balaban J connectivity index is 2.48. The summed E-state index contributed by atoms with van der Waals surface area (Å²) in [7, 11) is 1.48. The Morgan fingerprint density at radius 2 is 2.05 bits per heavy atom. The van der Waals surface area contributed by atoms with Gasteiger partial charge in [-0.1, -0.05) is 0 Å². The van der Waals surface area contributed by atoms with E-state index in [9.17, 15) is 18.0 Å². The van der Waals surface area contributed by atoms with Crippen molar-refractivity contribution in [3.05, 3.63) is 33.4 Å². The lowest BCUT2D eigenvalue weighted by molar-refractivity contribution is -0.141. The van der Waals surface area contributed by atoms with Crippen LogP contribution in [0.5, 0.6) is 0 Å². The largest absolute Gasteiger partial charge is 0.476 e. The minimum atomic E-state index is -4.51. The highest BCUT2D eigenvalue weighted by Crippen LogP contribution is 2.29. The Kier molecular flexibility index (Phi) is 3.71. The van der Waals surface area contributed by atoms with Crippen LogP contribution in [0.1, 0.15) is 16.2 Å². The second kappa shape index (κ2) is 5.04. The maximum atomic E-state index is 12.4. The van der Waals surface area contributed by atoms with Crippen molar-refractivity contribution >= 4 is 28.6 Å². The van der Waals surface area contributed by atoms with Crippen LogP contribution >= 0.6 is 22.6 Å². The number of rotatable bonds is 2. The molecule has 0 fully saturated rings. The number of aromatic carboxylic acids is 1. The van der Waals surface area contributed by atoms with E-state index in [0.717, 1.165) is 12.3 Å². The van der Waals surface area contributed by atoms with E-state index >= 15 is 0 Å². The van der Waals surface area contributed by atoms with Crippen LogP contribution in [-0.2, 0) is 13.2 Å². The van der Waals surface area contributed by atoms with Crippen molar-refractivity contribution in [1.29, 1.82) is 0 Å². The number of alkyl halides is 3. The van der Waals surface area contributed by atoms with E-state index < -0.39 is 17.8 Å². The fraction of sp³-hybridized carbons (Fsp3) is 0.182. The lowest BCUT2D eigenvalue weighted by atomic mass is 10.2. The molecular weight excluding hydrogens is 390 g/mol. The minimum absolute atomic E-state index is 0.0273. The van der Waals surface area contributed by atoms with Crippen molar-refractivity contribution in [3.8, 4) is 11.4 Å². The van der Waals surface area contributed by atoms with Crippen LogP contribution in [-0.4, -0.2) is 25.6 Å². The first kappa shape index (κ1) is 14.8. The van der Waals surface area contributed by atoms with Gasteiger partial charge in [-0.25, -0.2) is 9.78 Å². The quantitative estimate of drug-likeness (QED) is 0.792. The van der Waals surface area contributed by atoms with Crippen LogP contribution in [0.25, 0.3) is 11.4 Å². The lowest BCUT2D eigenvalue weighted by Gasteiger charge is -2.07. The molecule has 2 heterocycles. The highest BCUT2D eigenvalue weighted by atomic mass is 127. The van der Waals surface area contributed by atoms with E-state index in [4.69, 9.17) is 5.11 Å². The van der Waals surface area contributed by atoms with Crippen LogP contribution in [0.15, 0.2) is 18.3 Å². The molecule has 0 saturated heterocycles. The number of halogens is 4. The fourth-order valence-corrected chi connectivity index (χ4v) is 2.47. The standard InChI is InChI=1S/C11H7F3IN3O2/c1-18-7(10(19)20)8(15)17-9(18)5-2-3-6(16-4-5)11(12,13)14/h2-4H,1H3,(H,19,20). The molecule has 0 saturated carbocycles. The van der Waals surface area contributed by atoms with Gasteiger partial charge in [0.15, 0.2) is 5.69 Å². The molecule has 9 heteroatoms. The fourth-order valence-electron chi connectivity index (χ4n) is 1.65. The van der Waals surface area contributed by atoms with Crippen LogP contribution in [0, 0.1) is 3.70 Å². The zero-order chi connectivity index (χ0) is 15.1.